The van der Waals surface area contributed by atoms with Crippen molar-refractivity contribution >= 4 is 23.4 Å². The second-order valence-electron chi connectivity index (χ2n) is 7.16. The van der Waals surface area contributed by atoms with Crippen LogP contribution in [0.15, 0.2) is 54.6 Å². The molecule has 0 radical (unpaired) electrons. The van der Waals surface area contributed by atoms with Gasteiger partial charge in [0.2, 0.25) is 17.7 Å². The smallest absolute Gasteiger partial charge is 0.246 e. The second kappa shape index (κ2) is 11.7. The summed E-state index contributed by atoms with van der Waals surface area (Å²) in [6, 6.07) is 15.6. The molecule has 30 heavy (non-hydrogen) atoms. The van der Waals surface area contributed by atoms with Crippen LogP contribution in [0.3, 0.4) is 0 Å². The van der Waals surface area contributed by atoms with Crippen molar-refractivity contribution in [2.75, 3.05) is 11.9 Å². The van der Waals surface area contributed by atoms with E-state index in [9.17, 15) is 19.5 Å². The molecule has 7 nitrogen and oxygen atoms in total. The normalized spacial score (nSPS) is 12.5. The molecule has 0 aliphatic heterocycles. The summed E-state index contributed by atoms with van der Waals surface area (Å²) < 4.78 is 0. The van der Waals surface area contributed by atoms with Crippen LogP contribution >= 0.6 is 0 Å². The Labute approximate surface area is 176 Å². The summed E-state index contributed by atoms with van der Waals surface area (Å²) in [6.45, 7) is 3.37. The summed E-state index contributed by atoms with van der Waals surface area (Å²) in [5.74, 6) is -0.675. The zero-order chi connectivity index (χ0) is 21.9. The van der Waals surface area contributed by atoms with Gasteiger partial charge in [-0.05, 0) is 42.5 Å². The predicted octanol–water partition coefficient (Wildman–Crippen LogP) is 2.52. The van der Waals surface area contributed by atoms with E-state index in [-0.39, 0.29) is 17.7 Å². The highest BCUT2D eigenvalue weighted by Crippen LogP contribution is 2.23. The van der Waals surface area contributed by atoms with Crippen LogP contribution in [0.1, 0.15) is 50.3 Å². The third kappa shape index (κ3) is 7.67. The molecule has 0 spiro atoms. The highest BCUT2D eigenvalue weighted by molar-refractivity contribution is 5.96. The van der Waals surface area contributed by atoms with Gasteiger partial charge in [-0.3, -0.25) is 14.4 Å². The van der Waals surface area contributed by atoms with Gasteiger partial charge >= 0.3 is 0 Å². The molecule has 0 aromatic heterocycles. The maximum Gasteiger partial charge on any atom is 0.246 e. The quantitative estimate of drug-likeness (QED) is 0.451. The predicted molar refractivity (Wildman–Crippen MR) is 116 cm³/mol. The van der Waals surface area contributed by atoms with Gasteiger partial charge in [0.25, 0.3) is 0 Å². The van der Waals surface area contributed by atoms with Crippen molar-refractivity contribution in [1.29, 1.82) is 0 Å². The number of carbonyl (C=O) groups is 3. The molecule has 2 atom stereocenters. The molecule has 2 aromatic rings. The number of nitrogens with one attached hydrogen (secondary N) is 3. The lowest BCUT2D eigenvalue weighted by Crippen LogP contribution is -2.42. The van der Waals surface area contributed by atoms with Crippen LogP contribution in [-0.4, -0.2) is 35.4 Å². The monoisotopic (exact) mass is 411 g/mol. The maximum atomic E-state index is 12.6. The van der Waals surface area contributed by atoms with E-state index < -0.39 is 12.1 Å². The van der Waals surface area contributed by atoms with Crippen LogP contribution < -0.4 is 16.0 Å². The molecule has 2 rings (SSSR count). The molecular formula is C23H29N3O4. The number of anilines is 1. The molecule has 7 heteroatoms. The molecule has 0 heterocycles. The Morgan fingerprint density at radius 1 is 0.867 bits per heavy atom. The second-order valence-corrected chi connectivity index (χ2v) is 7.16. The largest absolute Gasteiger partial charge is 0.384 e. The first kappa shape index (κ1) is 23.1. The Bertz CT molecular complexity index is 837. The van der Waals surface area contributed by atoms with Gasteiger partial charge in [0.05, 0.1) is 0 Å². The first-order valence-corrected chi connectivity index (χ1v) is 10.0. The van der Waals surface area contributed by atoms with Gasteiger partial charge in [0.15, 0.2) is 0 Å². The van der Waals surface area contributed by atoms with Gasteiger partial charge in [0, 0.05) is 26.1 Å². The number of rotatable bonds is 10. The number of hydrogen-bond donors (Lipinski definition) is 4. The minimum Gasteiger partial charge on any atom is -0.384 e. The van der Waals surface area contributed by atoms with E-state index >= 15 is 0 Å². The Balaban J connectivity index is 1.93. The van der Waals surface area contributed by atoms with Gasteiger partial charge in [-0.25, -0.2) is 0 Å². The topological polar surface area (TPSA) is 108 Å². The van der Waals surface area contributed by atoms with Crippen LogP contribution in [0, 0.1) is 0 Å². The van der Waals surface area contributed by atoms with Crippen molar-refractivity contribution in [2.45, 2.75) is 45.3 Å². The average molecular weight is 412 g/mol. The Morgan fingerprint density at radius 2 is 1.50 bits per heavy atom. The number of hydrogen-bond acceptors (Lipinski definition) is 4. The minimum atomic E-state index is -0.744. The van der Waals surface area contributed by atoms with E-state index in [0.29, 0.717) is 25.1 Å². The van der Waals surface area contributed by atoms with E-state index in [2.05, 4.69) is 16.0 Å². The van der Waals surface area contributed by atoms with Crippen LogP contribution in [0.25, 0.3) is 0 Å². The molecule has 2 unspecified atom stereocenters. The number of aliphatic hydroxyl groups is 1. The molecule has 0 aliphatic rings. The number of benzene rings is 2. The van der Waals surface area contributed by atoms with Crippen molar-refractivity contribution in [3.05, 3.63) is 65.7 Å². The van der Waals surface area contributed by atoms with Crippen LogP contribution in [-0.2, 0) is 14.4 Å². The van der Waals surface area contributed by atoms with E-state index in [4.69, 9.17) is 0 Å². The van der Waals surface area contributed by atoms with Gasteiger partial charge in [-0.2, -0.15) is 0 Å². The van der Waals surface area contributed by atoms with E-state index in [1.165, 1.54) is 13.8 Å². The molecule has 0 aliphatic carbocycles. The molecule has 3 amide bonds. The molecule has 0 fully saturated rings. The van der Waals surface area contributed by atoms with Gasteiger partial charge in [0.1, 0.15) is 12.1 Å². The Kier molecular flexibility index (Phi) is 9.03. The fourth-order valence-corrected chi connectivity index (χ4v) is 3.06. The van der Waals surface area contributed by atoms with Gasteiger partial charge < -0.3 is 21.1 Å². The summed E-state index contributed by atoms with van der Waals surface area (Å²) in [5, 5.41) is 18.7. The first-order chi connectivity index (χ1) is 14.4. The van der Waals surface area contributed by atoms with Crippen LogP contribution in [0.5, 0.6) is 0 Å². The minimum absolute atomic E-state index is 0.0908. The molecule has 4 N–H and O–H groups in total. The third-order valence-corrected chi connectivity index (χ3v) is 4.60. The van der Waals surface area contributed by atoms with Crippen molar-refractivity contribution in [1.82, 2.24) is 10.6 Å². The summed E-state index contributed by atoms with van der Waals surface area (Å²) >= 11 is 0. The summed E-state index contributed by atoms with van der Waals surface area (Å²) in [4.78, 5) is 35.0. The van der Waals surface area contributed by atoms with Crippen LogP contribution in [0.4, 0.5) is 5.69 Å². The van der Waals surface area contributed by atoms with Gasteiger partial charge in [-0.15, -0.1) is 0 Å². The zero-order valence-electron chi connectivity index (χ0n) is 17.4. The van der Waals surface area contributed by atoms with E-state index in [0.717, 1.165) is 17.5 Å². The van der Waals surface area contributed by atoms with Crippen molar-refractivity contribution < 1.29 is 19.5 Å². The molecule has 2 aromatic carbocycles. The highest BCUT2D eigenvalue weighted by Gasteiger charge is 2.19. The number of unbranched alkanes of at least 4 members (excludes halogenated alkanes) is 1. The average Bonchev–Trinajstić information content (AvgIpc) is 2.73. The van der Waals surface area contributed by atoms with Crippen molar-refractivity contribution in [3.63, 3.8) is 0 Å². The van der Waals surface area contributed by atoms with E-state index in [1.807, 2.05) is 30.3 Å². The molecule has 0 bridgehead atoms. The maximum absolute atomic E-state index is 12.6. The lowest BCUT2D eigenvalue weighted by Gasteiger charge is -2.18. The molecule has 0 saturated heterocycles. The number of carbonyl (C=O) groups excluding carboxylic acids is 3. The highest BCUT2D eigenvalue weighted by atomic mass is 16.3. The zero-order valence-corrected chi connectivity index (χ0v) is 17.4. The lowest BCUT2D eigenvalue weighted by atomic mass is 10.0. The molecular weight excluding hydrogens is 382 g/mol. The Hall–Kier alpha value is -3.19. The standard InChI is InChI=1S/C23H29N3O4/c1-16(27)24-15-7-6-10-21(25-17(2)28)23(30)26-20-13-11-19(12-14-20)22(29)18-8-4-3-5-9-18/h3-5,8-9,11-14,21-22,29H,6-7,10,15H2,1-2H3,(H,24,27)(H,25,28)(H,26,30). The lowest BCUT2D eigenvalue weighted by molar-refractivity contribution is -0.125. The molecule has 0 saturated carbocycles. The van der Waals surface area contributed by atoms with Crippen LogP contribution in [0.2, 0.25) is 0 Å². The summed E-state index contributed by atoms with van der Waals surface area (Å²) in [6.07, 6.45) is 1.12. The van der Waals surface area contributed by atoms with Crippen molar-refractivity contribution in [3.8, 4) is 0 Å². The van der Waals surface area contributed by atoms with Gasteiger partial charge in [-0.1, -0.05) is 42.5 Å². The summed E-state index contributed by atoms with van der Waals surface area (Å²) in [7, 11) is 0. The SMILES string of the molecule is CC(=O)NCCCCC(NC(C)=O)C(=O)Nc1ccc(C(O)c2ccccc2)cc1. The van der Waals surface area contributed by atoms with E-state index in [1.54, 1.807) is 24.3 Å². The Morgan fingerprint density at radius 3 is 2.10 bits per heavy atom. The third-order valence-electron chi connectivity index (χ3n) is 4.60. The summed E-state index contributed by atoms with van der Waals surface area (Å²) in [5.41, 5.74) is 2.09. The number of amides is 3. The number of aliphatic hydroxyl groups excluding tert-OH is 1. The molecule has 160 valence electrons. The fourth-order valence-electron chi connectivity index (χ4n) is 3.06. The fraction of sp³-hybridized carbons (Fsp3) is 0.348. The van der Waals surface area contributed by atoms with Crippen molar-refractivity contribution in [2.24, 2.45) is 0 Å². The first-order valence-electron chi connectivity index (χ1n) is 10.0.